The van der Waals surface area contributed by atoms with Gasteiger partial charge in [-0.2, -0.15) is 0 Å². The van der Waals surface area contributed by atoms with Gasteiger partial charge in [0.15, 0.2) is 0 Å². The SMILES string of the molecule is c1ccc(-c2cn3c4ncccc4c4ccc(Oc5ccc6c(c5)-n5c7ncccc7c7cccc(c75)C6)cc4c3n2)cc1. The van der Waals surface area contributed by atoms with Gasteiger partial charge in [-0.1, -0.05) is 54.6 Å². The molecule has 0 saturated heterocycles. The molecule has 5 aromatic heterocycles. The van der Waals surface area contributed by atoms with Gasteiger partial charge >= 0.3 is 0 Å². The fourth-order valence-electron chi connectivity index (χ4n) is 6.93. The van der Waals surface area contributed by atoms with Gasteiger partial charge in [0.05, 0.1) is 16.9 Å². The quantitative estimate of drug-likeness (QED) is 0.201. The lowest BCUT2D eigenvalue weighted by atomic mass is 9.97. The summed E-state index contributed by atoms with van der Waals surface area (Å²) in [5, 5.41) is 5.57. The van der Waals surface area contributed by atoms with Crippen molar-refractivity contribution in [3.8, 4) is 28.4 Å². The van der Waals surface area contributed by atoms with Gasteiger partial charge in [0.25, 0.3) is 0 Å². The van der Waals surface area contributed by atoms with Crippen LogP contribution in [0.1, 0.15) is 11.1 Å². The standard InChI is InChI=1S/C38H23N5O/c1-2-7-23(8-3-1)33-22-42-36-30(11-5-17-39-36)28-16-15-26(20-32(28)38(42)41-33)44-27-14-13-24-19-25-9-4-10-29-31-12-6-18-40-37(31)43(35(25)29)34(24)21-27/h1-18,20-22H,19H2. The molecule has 0 N–H and O–H groups in total. The smallest absolute Gasteiger partial charge is 0.147 e. The summed E-state index contributed by atoms with van der Waals surface area (Å²) in [6.07, 6.45) is 6.65. The second-order valence-electron chi connectivity index (χ2n) is 11.4. The lowest BCUT2D eigenvalue weighted by Crippen LogP contribution is -2.08. The summed E-state index contributed by atoms with van der Waals surface area (Å²) in [7, 11) is 0. The minimum Gasteiger partial charge on any atom is -0.457 e. The Morgan fingerprint density at radius 3 is 2.23 bits per heavy atom. The highest BCUT2D eigenvalue weighted by Gasteiger charge is 2.23. The maximum Gasteiger partial charge on any atom is 0.147 e. The third kappa shape index (κ3) is 3.28. The van der Waals surface area contributed by atoms with E-state index in [4.69, 9.17) is 19.7 Å². The highest BCUT2D eigenvalue weighted by atomic mass is 16.5. The van der Waals surface area contributed by atoms with Crippen LogP contribution in [0.5, 0.6) is 11.5 Å². The Balaban J connectivity index is 1.13. The van der Waals surface area contributed by atoms with Crippen molar-refractivity contribution in [1.82, 2.24) is 23.9 Å². The highest BCUT2D eigenvalue weighted by Crippen LogP contribution is 2.41. The number of nitrogens with zero attached hydrogens (tertiary/aromatic N) is 5. The Morgan fingerprint density at radius 2 is 1.34 bits per heavy atom. The maximum absolute atomic E-state index is 6.59. The van der Waals surface area contributed by atoms with Crippen LogP contribution < -0.4 is 4.74 Å². The number of benzene rings is 4. The first-order valence-electron chi connectivity index (χ1n) is 14.7. The molecule has 0 spiro atoms. The van der Waals surface area contributed by atoms with Crippen molar-refractivity contribution >= 4 is 49.4 Å². The van der Waals surface area contributed by atoms with Gasteiger partial charge in [-0.15, -0.1) is 0 Å². The second-order valence-corrected chi connectivity index (χ2v) is 11.4. The van der Waals surface area contributed by atoms with E-state index in [2.05, 4.69) is 88.0 Å². The molecule has 206 valence electrons. The summed E-state index contributed by atoms with van der Waals surface area (Å²) in [6.45, 7) is 0. The van der Waals surface area contributed by atoms with Gasteiger partial charge in [-0.3, -0.25) is 8.97 Å². The van der Waals surface area contributed by atoms with Crippen LogP contribution in [-0.2, 0) is 6.42 Å². The lowest BCUT2D eigenvalue weighted by molar-refractivity contribution is 0.483. The van der Waals surface area contributed by atoms with Crippen LogP contribution in [0.15, 0.2) is 128 Å². The zero-order valence-electron chi connectivity index (χ0n) is 23.5. The first-order chi connectivity index (χ1) is 21.8. The second kappa shape index (κ2) is 8.75. The van der Waals surface area contributed by atoms with Gasteiger partial charge in [-0.05, 0) is 65.0 Å². The van der Waals surface area contributed by atoms with Gasteiger partial charge in [0.2, 0.25) is 0 Å². The van der Waals surface area contributed by atoms with E-state index in [1.165, 1.54) is 27.4 Å². The van der Waals surface area contributed by atoms with Crippen LogP contribution in [0.2, 0.25) is 0 Å². The number of hydrogen-bond acceptors (Lipinski definition) is 4. The minimum absolute atomic E-state index is 0.753. The highest BCUT2D eigenvalue weighted by molar-refractivity contribution is 6.12. The first kappa shape index (κ1) is 23.5. The van der Waals surface area contributed by atoms with Crippen molar-refractivity contribution in [1.29, 1.82) is 0 Å². The fraction of sp³-hybridized carbons (Fsp3) is 0.0263. The zero-order valence-corrected chi connectivity index (χ0v) is 23.5. The predicted molar refractivity (Wildman–Crippen MR) is 175 cm³/mol. The van der Waals surface area contributed by atoms with Gasteiger partial charge in [-0.25, -0.2) is 15.0 Å². The molecule has 6 nitrogen and oxygen atoms in total. The number of rotatable bonds is 3. The topological polar surface area (TPSA) is 57.2 Å². The minimum atomic E-state index is 0.753. The number of ether oxygens (including phenoxy) is 1. The molecular weight excluding hydrogens is 542 g/mol. The average Bonchev–Trinajstić information content (AvgIpc) is 3.68. The molecule has 0 fully saturated rings. The van der Waals surface area contributed by atoms with Crippen LogP contribution in [0, 0.1) is 0 Å². The molecule has 0 amide bonds. The average molecular weight is 566 g/mol. The third-order valence-corrected chi connectivity index (χ3v) is 8.86. The van der Waals surface area contributed by atoms with Crippen LogP contribution in [0.25, 0.3) is 66.3 Å². The molecule has 6 heterocycles. The van der Waals surface area contributed by atoms with E-state index >= 15 is 0 Å². The number of fused-ring (bicyclic) bond motifs is 11. The van der Waals surface area contributed by atoms with Crippen LogP contribution in [0.3, 0.4) is 0 Å². The Labute approximate surface area is 251 Å². The van der Waals surface area contributed by atoms with Gasteiger partial charge < -0.3 is 4.74 Å². The van der Waals surface area contributed by atoms with E-state index in [1.807, 2.05) is 48.8 Å². The van der Waals surface area contributed by atoms with Crippen molar-refractivity contribution in [3.05, 3.63) is 139 Å². The van der Waals surface area contributed by atoms with Crippen molar-refractivity contribution in [3.63, 3.8) is 0 Å². The normalized spacial score (nSPS) is 12.5. The largest absolute Gasteiger partial charge is 0.457 e. The summed E-state index contributed by atoms with van der Waals surface area (Å²) >= 11 is 0. The fourth-order valence-corrected chi connectivity index (χ4v) is 6.93. The van der Waals surface area contributed by atoms with Crippen LogP contribution in [-0.4, -0.2) is 23.9 Å². The Hall–Kier alpha value is -6.01. The summed E-state index contributed by atoms with van der Waals surface area (Å²) in [5.41, 5.74) is 9.59. The van der Waals surface area contributed by atoms with Crippen LogP contribution in [0.4, 0.5) is 0 Å². The molecular formula is C38H23N5O. The molecule has 6 heteroatoms. The molecule has 0 atom stereocenters. The van der Waals surface area contributed by atoms with E-state index in [0.29, 0.717) is 0 Å². The van der Waals surface area contributed by atoms with E-state index in [1.54, 1.807) is 0 Å². The van der Waals surface area contributed by atoms with Gasteiger partial charge in [0, 0.05) is 58.2 Å². The monoisotopic (exact) mass is 565 g/mol. The first-order valence-corrected chi connectivity index (χ1v) is 14.7. The van der Waals surface area contributed by atoms with Crippen LogP contribution >= 0.6 is 0 Å². The van der Waals surface area contributed by atoms with Crippen molar-refractivity contribution < 1.29 is 4.74 Å². The van der Waals surface area contributed by atoms with E-state index in [9.17, 15) is 0 Å². The Bertz CT molecular complexity index is 2620. The lowest BCUT2D eigenvalue weighted by Gasteiger charge is -2.21. The molecule has 0 saturated carbocycles. The molecule has 10 rings (SSSR count). The summed E-state index contributed by atoms with van der Waals surface area (Å²) < 4.78 is 11.0. The molecule has 0 radical (unpaired) electrons. The number of aromatic nitrogens is 5. The summed E-state index contributed by atoms with van der Waals surface area (Å²) in [4.78, 5) is 14.6. The van der Waals surface area contributed by atoms with Crippen molar-refractivity contribution in [2.75, 3.05) is 0 Å². The summed E-state index contributed by atoms with van der Waals surface area (Å²) in [5.74, 6) is 1.53. The van der Waals surface area contributed by atoms with E-state index < -0.39 is 0 Å². The van der Waals surface area contributed by atoms with Crippen molar-refractivity contribution in [2.45, 2.75) is 6.42 Å². The molecule has 1 aliphatic rings. The number of imidazole rings is 1. The Morgan fingerprint density at radius 1 is 0.568 bits per heavy atom. The maximum atomic E-state index is 6.59. The molecule has 1 aliphatic heterocycles. The van der Waals surface area contributed by atoms with Gasteiger partial charge in [0.1, 0.15) is 28.4 Å². The van der Waals surface area contributed by atoms with E-state index in [0.717, 1.165) is 68.0 Å². The molecule has 0 bridgehead atoms. The molecule has 9 aromatic rings. The summed E-state index contributed by atoms with van der Waals surface area (Å²) in [6, 6.07) is 37.7. The predicted octanol–water partition coefficient (Wildman–Crippen LogP) is 8.89. The zero-order chi connectivity index (χ0) is 28.8. The van der Waals surface area contributed by atoms with E-state index in [-0.39, 0.29) is 0 Å². The number of pyridine rings is 3. The molecule has 0 unspecified atom stereocenters. The Kier molecular flexibility index (Phi) is 4.68. The third-order valence-electron chi connectivity index (χ3n) is 8.86. The molecule has 4 aromatic carbocycles. The molecule has 44 heavy (non-hydrogen) atoms. The van der Waals surface area contributed by atoms with Crippen molar-refractivity contribution in [2.24, 2.45) is 0 Å². The number of hydrogen-bond donors (Lipinski definition) is 0. The number of para-hydroxylation sites is 1. The molecule has 0 aliphatic carbocycles.